The van der Waals surface area contributed by atoms with E-state index in [1.807, 2.05) is 0 Å². The van der Waals surface area contributed by atoms with E-state index >= 15 is 0 Å². The fourth-order valence-corrected chi connectivity index (χ4v) is 1.48. The zero-order valence-electron chi connectivity index (χ0n) is 10.4. The Morgan fingerprint density at radius 2 is 1.30 bits per heavy atom. The number of hydrogen-bond acceptors (Lipinski definition) is 5. The number of rotatable bonds is 4. The third-order valence-electron chi connectivity index (χ3n) is 2.41. The number of ether oxygens (including phenoxy) is 2. The van der Waals surface area contributed by atoms with Gasteiger partial charge in [0.05, 0.1) is 5.69 Å². The fraction of sp³-hybridized carbons (Fsp3) is 0. The lowest BCUT2D eigenvalue weighted by molar-refractivity contribution is 0.507. The van der Waals surface area contributed by atoms with Gasteiger partial charge in [-0.25, -0.2) is 0 Å². The van der Waals surface area contributed by atoms with E-state index in [0.29, 0.717) is 11.5 Å². The van der Waals surface area contributed by atoms with Gasteiger partial charge >= 0.3 is 0 Å². The van der Waals surface area contributed by atoms with Crippen molar-refractivity contribution in [3.63, 3.8) is 0 Å². The first-order valence-electron chi connectivity index (χ1n) is 5.68. The Morgan fingerprint density at radius 1 is 0.800 bits per heavy atom. The van der Waals surface area contributed by atoms with E-state index in [0.717, 1.165) is 11.3 Å². The molecule has 5 nitrogen and oxygen atoms in total. The lowest BCUT2D eigenvalue weighted by Crippen LogP contribution is -1.84. The fourth-order valence-electron chi connectivity index (χ4n) is 1.48. The van der Waals surface area contributed by atoms with Crippen LogP contribution in [0.5, 0.6) is 11.5 Å². The SMILES string of the molecule is N#COc1ccc(C=Nc2ccc(OC#N)cc2)cc1. The smallest absolute Gasteiger partial charge is 0.292 e. The Morgan fingerprint density at radius 3 is 1.80 bits per heavy atom. The van der Waals surface area contributed by atoms with Crippen molar-refractivity contribution in [2.45, 2.75) is 0 Å². The van der Waals surface area contributed by atoms with Crippen molar-refractivity contribution in [1.82, 2.24) is 0 Å². The molecule has 0 amide bonds. The summed E-state index contributed by atoms with van der Waals surface area (Å²) in [5, 5.41) is 16.7. The lowest BCUT2D eigenvalue weighted by Gasteiger charge is -1.98. The van der Waals surface area contributed by atoms with Crippen molar-refractivity contribution < 1.29 is 9.47 Å². The minimum atomic E-state index is 0.476. The molecule has 0 spiro atoms. The predicted octanol–water partition coefficient (Wildman–Crippen LogP) is 3.16. The van der Waals surface area contributed by atoms with Crippen molar-refractivity contribution in [3.05, 3.63) is 54.1 Å². The molecule has 0 saturated heterocycles. The zero-order valence-corrected chi connectivity index (χ0v) is 10.4. The maximum absolute atomic E-state index is 8.37. The first-order chi connectivity index (χ1) is 9.81. The van der Waals surface area contributed by atoms with Crippen molar-refractivity contribution in [3.8, 4) is 24.0 Å². The Kier molecular flexibility index (Phi) is 4.32. The first kappa shape index (κ1) is 13.1. The van der Waals surface area contributed by atoms with E-state index in [4.69, 9.17) is 10.5 Å². The number of nitrogens with zero attached hydrogens (tertiary/aromatic N) is 3. The summed E-state index contributed by atoms with van der Waals surface area (Å²) in [6.07, 6.45) is 4.90. The molecule has 0 aromatic heterocycles. The van der Waals surface area contributed by atoms with Crippen LogP contribution in [0.3, 0.4) is 0 Å². The number of aliphatic imine (C=N–C) groups is 1. The monoisotopic (exact) mass is 263 g/mol. The Balaban J connectivity index is 2.05. The van der Waals surface area contributed by atoms with Crippen molar-refractivity contribution in [1.29, 1.82) is 10.5 Å². The molecule has 0 heterocycles. The Hall–Kier alpha value is -3.31. The third-order valence-corrected chi connectivity index (χ3v) is 2.41. The molecule has 0 atom stereocenters. The van der Waals surface area contributed by atoms with Crippen LogP contribution in [0, 0.1) is 23.0 Å². The molecule has 0 aliphatic heterocycles. The highest BCUT2D eigenvalue weighted by Crippen LogP contribution is 2.18. The summed E-state index contributed by atoms with van der Waals surface area (Å²) in [5.74, 6) is 0.965. The van der Waals surface area contributed by atoms with E-state index in [2.05, 4.69) is 14.5 Å². The average molecular weight is 263 g/mol. The summed E-state index contributed by atoms with van der Waals surface area (Å²) in [4.78, 5) is 4.28. The van der Waals surface area contributed by atoms with Gasteiger partial charge in [0, 0.05) is 6.21 Å². The molecular weight excluding hydrogens is 254 g/mol. The minimum Gasteiger partial charge on any atom is -0.388 e. The molecule has 2 aromatic rings. The van der Waals surface area contributed by atoms with Crippen molar-refractivity contribution in [2.75, 3.05) is 0 Å². The van der Waals surface area contributed by atoms with E-state index < -0.39 is 0 Å². The van der Waals surface area contributed by atoms with Crippen LogP contribution >= 0.6 is 0 Å². The maximum atomic E-state index is 8.37. The van der Waals surface area contributed by atoms with Crippen LogP contribution in [0.25, 0.3) is 0 Å². The van der Waals surface area contributed by atoms with Gasteiger partial charge in [-0.2, -0.15) is 0 Å². The van der Waals surface area contributed by atoms with Crippen molar-refractivity contribution >= 4 is 11.9 Å². The van der Waals surface area contributed by atoms with Crippen LogP contribution in [0.1, 0.15) is 5.56 Å². The quantitative estimate of drug-likeness (QED) is 0.627. The van der Waals surface area contributed by atoms with Crippen LogP contribution in [-0.2, 0) is 0 Å². The number of benzene rings is 2. The molecular formula is C15H9N3O2. The molecule has 0 unspecified atom stereocenters. The van der Waals surface area contributed by atoms with Crippen LogP contribution in [0.4, 0.5) is 5.69 Å². The molecule has 2 aromatic carbocycles. The van der Waals surface area contributed by atoms with Gasteiger partial charge in [0.25, 0.3) is 12.5 Å². The van der Waals surface area contributed by atoms with Gasteiger partial charge in [0.2, 0.25) is 0 Å². The molecule has 2 rings (SSSR count). The molecule has 0 saturated carbocycles. The number of hydrogen-bond donors (Lipinski definition) is 0. The molecule has 20 heavy (non-hydrogen) atoms. The van der Waals surface area contributed by atoms with Gasteiger partial charge in [-0.05, 0) is 54.1 Å². The highest BCUT2D eigenvalue weighted by atomic mass is 16.5. The van der Waals surface area contributed by atoms with Crippen LogP contribution in [-0.4, -0.2) is 6.21 Å². The van der Waals surface area contributed by atoms with Gasteiger partial charge in [-0.1, -0.05) is 0 Å². The molecule has 5 heteroatoms. The van der Waals surface area contributed by atoms with E-state index in [-0.39, 0.29) is 0 Å². The topological polar surface area (TPSA) is 78.4 Å². The summed E-state index contributed by atoms with van der Waals surface area (Å²) < 4.78 is 9.35. The molecule has 0 bridgehead atoms. The molecule has 0 fully saturated rings. The standard InChI is InChI=1S/C15H9N3O2/c16-10-19-14-5-1-12(2-6-14)9-18-13-3-7-15(8-4-13)20-11-17/h1-9H. The van der Waals surface area contributed by atoms with E-state index in [1.54, 1.807) is 67.3 Å². The summed E-state index contributed by atoms with van der Waals surface area (Å²) >= 11 is 0. The predicted molar refractivity (Wildman–Crippen MR) is 72.6 cm³/mol. The molecule has 0 aliphatic carbocycles. The highest BCUT2D eigenvalue weighted by molar-refractivity contribution is 5.82. The van der Waals surface area contributed by atoms with E-state index in [1.165, 1.54) is 0 Å². The van der Waals surface area contributed by atoms with Crippen molar-refractivity contribution in [2.24, 2.45) is 4.99 Å². The van der Waals surface area contributed by atoms with Gasteiger partial charge in [0.15, 0.2) is 0 Å². The third kappa shape index (κ3) is 3.59. The molecule has 96 valence electrons. The normalized spacial score (nSPS) is 9.70. The number of nitriles is 2. The van der Waals surface area contributed by atoms with Crippen LogP contribution in [0.2, 0.25) is 0 Å². The summed E-state index contributed by atoms with van der Waals surface area (Å²) in [6.45, 7) is 0. The minimum absolute atomic E-state index is 0.476. The highest BCUT2D eigenvalue weighted by Gasteiger charge is 1.95. The van der Waals surface area contributed by atoms with Gasteiger partial charge < -0.3 is 9.47 Å². The maximum Gasteiger partial charge on any atom is 0.292 e. The second kappa shape index (κ2) is 6.58. The van der Waals surface area contributed by atoms with Gasteiger partial charge in [-0.3, -0.25) is 4.99 Å². The van der Waals surface area contributed by atoms with Gasteiger partial charge in [0.1, 0.15) is 11.5 Å². The molecule has 0 radical (unpaired) electrons. The molecule has 0 aliphatic rings. The molecule has 0 N–H and O–H groups in total. The van der Waals surface area contributed by atoms with Gasteiger partial charge in [-0.15, -0.1) is 10.5 Å². The lowest BCUT2D eigenvalue weighted by atomic mass is 10.2. The summed E-state index contributed by atoms with van der Waals surface area (Å²) in [6, 6.07) is 13.8. The Bertz CT molecular complexity index is 616. The zero-order chi connectivity index (χ0) is 14.2. The van der Waals surface area contributed by atoms with Crippen LogP contribution < -0.4 is 9.47 Å². The second-order valence-corrected chi connectivity index (χ2v) is 3.71. The summed E-state index contributed by atoms with van der Waals surface area (Å²) in [7, 11) is 0. The summed E-state index contributed by atoms with van der Waals surface area (Å²) in [5.41, 5.74) is 1.63. The Labute approximate surface area is 115 Å². The first-order valence-corrected chi connectivity index (χ1v) is 5.68. The average Bonchev–Trinajstić information content (AvgIpc) is 2.49. The van der Waals surface area contributed by atoms with E-state index in [9.17, 15) is 0 Å². The largest absolute Gasteiger partial charge is 0.388 e. The second-order valence-electron chi connectivity index (χ2n) is 3.71. The van der Waals surface area contributed by atoms with Crippen LogP contribution in [0.15, 0.2) is 53.5 Å².